The Hall–Kier alpha value is -2.78. The minimum atomic E-state index is -1.07. The molecule has 6 rings (SSSR count). The molecule has 42 heavy (non-hydrogen) atoms. The van der Waals surface area contributed by atoms with Crippen LogP contribution in [0.1, 0.15) is 108 Å². The van der Waals surface area contributed by atoms with E-state index in [-0.39, 0.29) is 17.5 Å². The minimum absolute atomic E-state index is 0.0251. The number of rotatable bonds is 6. The van der Waals surface area contributed by atoms with Crippen LogP contribution in [0.15, 0.2) is 29.1 Å². The normalized spacial score (nSPS) is 32.9. The van der Waals surface area contributed by atoms with Gasteiger partial charge in [0.05, 0.1) is 23.2 Å². The van der Waals surface area contributed by atoms with Gasteiger partial charge in [-0.15, -0.1) is 0 Å². The summed E-state index contributed by atoms with van der Waals surface area (Å²) in [5.41, 5.74) is 1.70. The molecule has 1 aromatic heterocycles. The average molecular weight is 579 g/mol. The van der Waals surface area contributed by atoms with Crippen molar-refractivity contribution in [2.24, 2.45) is 5.92 Å². The van der Waals surface area contributed by atoms with Crippen LogP contribution in [0.5, 0.6) is 0 Å². The molecule has 3 aliphatic heterocycles. The molecule has 0 spiro atoms. The molecule has 1 saturated carbocycles. The van der Waals surface area contributed by atoms with Gasteiger partial charge in [-0.1, -0.05) is 38.3 Å². The molecule has 2 aromatic rings. The molecule has 4 aliphatic rings. The smallest absolute Gasteiger partial charge is 0.323 e. The molecular formula is C33H46N4O5. The van der Waals surface area contributed by atoms with Gasteiger partial charge in [-0.05, 0) is 75.8 Å². The van der Waals surface area contributed by atoms with Crippen LogP contribution < -0.4 is 5.56 Å². The predicted molar refractivity (Wildman–Crippen MR) is 160 cm³/mol. The molecule has 7 atom stereocenters. The lowest BCUT2D eigenvalue weighted by molar-refractivity contribution is -0.148. The van der Waals surface area contributed by atoms with Crippen molar-refractivity contribution < 1.29 is 19.4 Å². The van der Waals surface area contributed by atoms with E-state index in [1.165, 1.54) is 37.0 Å². The summed E-state index contributed by atoms with van der Waals surface area (Å²) in [5, 5.41) is 9.55. The largest absolute Gasteiger partial charge is 0.480 e. The van der Waals surface area contributed by atoms with Gasteiger partial charge < -0.3 is 19.3 Å². The van der Waals surface area contributed by atoms with Crippen molar-refractivity contribution in [1.82, 2.24) is 19.4 Å². The van der Waals surface area contributed by atoms with Crippen LogP contribution in [-0.4, -0.2) is 74.2 Å². The number of ether oxygens (including phenoxy) is 1. The number of carboxylic acids is 1. The molecule has 0 radical (unpaired) electrons. The third kappa shape index (κ3) is 5.62. The Bertz CT molecular complexity index is 1360. The minimum Gasteiger partial charge on any atom is -0.480 e. The van der Waals surface area contributed by atoms with Gasteiger partial charge in [0.2, 0.25) is 5.91 Å². The number of carbonyl (C=O) groups is 2. The van der Waals surface area contributed by atoms with E-state index < -0.39 is 18.6 Å². The molecule has 228 valence electrons. The molecule has 2 bridgehead atoms. The maximum Gasteiger partial charge on any atom is 0.323 e. The number of para-hydroxylation sites is 2. The summed E-state index contributed by atoms with van der Waals surface area (Å²) >= 11 is 0. The number of piperidine rings is 3. The Morgan fingerprint density at radius 3 is 2.55 bits per heavy atom. The predicted octanol–water partition coefficient (Wildman–Crippen LogP) is 5.08. The van der Waals surface area contributed by atoms with Gasteiger partial charge in [0.25, 0.3) is 5.56 Å². The van der Waals surface area contributed by atoms with Crippen molar-refractivity contribution >= 4 is 22.9 Å². The maximum absolute atomic E-state index is 14.5. The first-order valence-corrected chi connectivity index (χ1v) is 16.2. The van der Waals surface area contributed by atoms with E-state index in [2.05, 4.69) is 11.8 Å². The summed E-state index contributed by atoms with van der Waals surface area (Å²) in [5.74, 6) is -0.754. The number of benzene rings is 1. The van der Waals surface area contributed by atoms with Crippen molar-refractivity contribution in [1.29, 1.82) is 0 Å². The lowest BCUT2D eigenvalue weighted by atomic mass is 9.74. The number of nitrogens with zero attached hydrogens (tertiary/aromatic N) is 4. The van der Waals surface area contributed by atoms with Crippen molar-refractivity contribution in [2.45, 2.75) is 127 Å². The molecule has 4 heterocycles. The van der Waals surface area contributed by atoms with Gasteiger partial charge in [0, 0.05) is 37.7 Å². The van der Waals surface area contributed by atoms with Gasteiger partial charge in [0.15, 0.2) is 0 Å². The Morgan fingerprint density at radius 1 is 0.952 bits per heavy atom. The first kappa shape index (κ1) is 29.3. The summed E-state index contributed by atoms with van der Waals surface area (Å²) < 4.78 is 7.89. The zero-order valence-corrected chi connectivity index (χ0v) is 25.1. The summed E-state index contributed by atoms with van der Waals surface area (Å²) in [6.45, 7) is 1.96. The Morgan fingerprint density at radius 2 is 1.74 bits per heavy atom. The topological polar surface area (TPSA) is 105 Å². The molecule has 9 nitrogen and oxygen atoms in total. The molecule has 1 amide bonds. The fourth-order valence-electron chi connectivity index (χ4n) is 8.68. The van der Waals surface area contributed by atoms with E-state index in [1.54, 1.807) is 0 Å². The van der Waals surface area contributed by atoms with Crippen LogP contribution in [-0.2, 0) is 14.3 Å². The number of aromatic nitrogens is 2. The molecule has 1 aromatic carbocycles. The van der Waals surface area contributed by atoms with E-state index in [4.69, 9.17) is 9.72 Å². The van der Waals surface area contributed by atoms with Crippen LogP contribution in [0, 0.1) is 5.92 Å². The van der Waals surface area contributed by atoms with E-state index in [9.17, 15) is 19.5 Å². The number of aliphatic carboxylic acids is 1. The summed E-state index contributed by atoms with van der Waals surface area (Å²) in [4.78, 5) is 48.0. The van der Waals surface area contributed by atoms with Gasteiger partial charge in [-0.2, -0.15) is 0 Å². The highest BCUT2D eigenvalue weighted by atomic mass is 16.5. The third-order valence-corrected chi connectivity index (χ3v) is 10.7. The number of carboxylic acid groups (broad SMARTS) is 1. The average Bonchev–Trinajstić information content (AvgIpc) is 2.96. The second-order valence-corrected chi connectivity index (χ2v) is 13.2. The van der Waals surface area contributed by atoms with Crippen molar-refractivity contribution in [3.63, 3.8) is 0 Å². The van der Waals surface area contributed by atoms with Crippen LogP contribution in [0.3, 0.4) is 0 Å². The Kier molecular flexibility index (Phi) is 8.68. The van der Waals surface area contributed by atoms with E-state index in [1.807, 2.05) is 35.9 Å². The molecule has 1 aliphatic carbocycles. The molecule has 9 heteroatoms. The van der Waals surface area contributed by atoms with Gasteiger partial charge in [-0.3, -0.25) is 19.3 Å². The quantitative estimate of drug-likeness (QED) is 0.510. The number of carbonyl (C=O) groups excluding carboxylic acids is 1. The van der Waals surface area contributed by atoms with Crippen LogP contribution in [0.25, 0.3) is 11.0 Å². The number of fused-ring (bicyclic) bond motifs is 3. The first-order valence-electron chi connectivity index (χ1n) is 16.2. The van der Waals surface area contributed by atoms with Crippen LogP contribution in [0.4, 0.5) is 0 Å². The molecule has 3 saturated heterocycles. The van der Waals surface area contributed by atoms with Crippen molar-refractivity contribution in [2.75, 3.05) is 13.7 Å². The highest BCUT2D eigenvalue weighted by molar-refractivity contribution is 5.82. The zero-order chi connectivity index (χ0) is 29.4. The lowest BCUT2D eigenvalue weighted by Crippen LogP contribution is -2.60. The van der Waals surface area contributed by atoms with Crippen molar-refractivity contribution in [3.8, 4) is 0 Å². The monoisotopic (exact) mass is 578 g/mol. The fourth-order valence-corrected chi connectivity index (χ4v) is 8.68. The number of methoxy groups -OCH3 is 1. The summed E-state index contributed by atoms with van der Waals surface area (Å²) in [6.07, 6.45) is 13.1. The molecule has 4 fully saturated rings. The number of likely N-dealkylation sites (tertiary alicyclic amines) is 1. The summed E-state index contributed by atoms with van der Waals surface area (Å²) in [7, 11) is 1.86. The maximum atomic E-state index is 14.5. The SMILES string of the molecule is COC1CCCCC[C@H](N2C3CCC(C)C2CC(n2c(=O)c(C4CCCC(=O)N4CC(=O)O)nc4ccccc42)C3)C1. The highest BCUT2D eigenvalue weighted by Gasteiger charge is 2.46. The second-order valence-electron chi connectivity index (χ2n) is 13.2. The third-order valence-electron chi connectivity index (χ3n) is 10.7. The second kappa shape index (κ2) is 12.4. The van der Waals surface area contributed by atoms with Gasteiger partial charge >= 0.3 is 5.97 Å². The first-order chi connectivity index (χ1) is 20.4. The standard InChI is InChI=1S/C33H46N4O5/c1-21-15-16-23-17-24(19-29(21)36(23)22-9-4-3-5-10-25(18-22)42-2)37-27-12-7-6-11-26(27)34-32(33(37)41)28-13-8-14-30(38)35(28)20-31(39)40/h6-7,11-12,21-25,28-29H,3-5,8-10,13-20H2,1-2H3,(H,39,40)/t21?,22-,23?,24?,25?,28?,29?/m0/s1. The van der Waals surface area contributed by atoms with Gasteiger partial charge in [-0.25, -0.2) is 4.98 Å². The zero-order valence-electron chi connectivity index (χ0n) is 25.1. The number of hydrogen-bond donors (Lipinski definition) is 1. The van der Waals surface area contributed by atoms with Crippen LogP contribution in [0.2, 0.25) is 0 Å². The highest BCUT2D eigenvalue weighted by Crippen LogP contribution is 2.45. The van der Waals surface area contributed by atoms with Crippen LogP contribution >= 0.6 is 0 Å². The molecule has 6 unspecified atom stereocenters. The van der Waals surface area contributed by atoms with Gasteiger partial charge in [0.1, 0.15) is 12.2 Å². The Balaban J connectivity index is 1.38. The Labute approximate surface area is 248 Å². The molecular weight excluding hydrogens is 532 g/mol. The van der Waals surface area contributed by atoms with Crippen molar-refractivity contribution in [3.05, 3.63) is 40.3 Å². The van der Waals surface area contributed by atoms with E-state index in [0.717, 1.165) is 43.1 Å². The molecule has 1 N–H and O–H groups in total. The fraction of sp³-hybridized carbons (Fsp3) is 0.697. The summed E-state index contributed by atoms with van der Waals surface area (Å²) in [6, 6.07) is 8.51. The number of amides is 1. The van der Waals surface area contributed by atoms with E-state index in [0.29, 0.717) is 55.1 Å². The lowest BCUT2D eigenvalue weighted by Gasteiger charge is -2.55. The van der Waals surface area contributed by atoms with E-state index >= 15 is 0 Å². The number of hydrogen-bond acceptors (Lipinski definition) is 6.